The molecular weight excluding hydrogens is 575 g/mol. The van der Waals surface area contributed by atoms with Crippen LogP contribution in [0.3, 0.4) is 0 Å². The molecule has 0 bridgehead atoms. The lowest BCUT2D eigenvalue weighted by Crippen LogP contribution is -2.52. The Hall–Kier alpha value is -4.28. The number of carbonyl (C=O) groups is 3. The van der Waals surface area contributed by atoms with E-state index in [0.29, 0.717) is 55.0 Å². The van der Waals surface area contributed by atoms with E-state index in [1.807, 2.05) is 28.8 Å². The largest absolute Gasteiger partial charge is 0.508 e. The maximum Gasteiger partial charge on any atom is 0.320 e. The lowest BCUT2D eigenvalue weighted by molar-refractivity contribution is 0.0556. The van der Waals surface area contributed by atoms with Gasteiger partial charge < -0.3 is 29.8 Å². The molecule has 2 amide bonds. The molecule has 2 fully saturated rings. The second-order valence-corrected chi connectivity index (χ2v) is 12.3. The first-order valence-corrected chi connectivity index (χ1v) is 15.4. The number of ketones is 2. The maximum absolute atomic E-state index is 15.0. The molecule has 0 saturated carbocycles. The van der Waals surface area contributed by atoms with Gasteiger partial charge in [-0.3, -0.25) is 9.59 Å². The molecule has 9 nitrogen and oxygen atoms in total. The molecule has 238 valence electrons. The molecule has 2 aliphatic rings. The maximum atomic E-state index is 15.0. The Kier molecular flexibility index (Phi) is 9.84. The van der Waals surface area contributed by atoms with Crippen molar-refractivity contribution in [1.82, 2.24) is 19.6 Å². The number of aromatic hydroxyl groups is 2. The summed E-state index contributed by atoms with van der Waals surface area (Å²) in [7, 11) is 3.94. The van der Waals surface area contributed by atoms with Gasteiger partial charge in [-0.05, 0) is 62.5 Å². The van der Waals surface area contributed by atoms with Gasteiger partial charge in [0.15, 0.2) is 11.6 Å². The van der Waals surface area contributed by atoms with Gasteiger partial charge >= 0.3 is 6.03 Å². The summed E-state index contributed by atoms with van der Waals surface area (Å²) in [5.74, 6) is -3.21. The van der Waals surface area contributed by atoms with Crippen LogP contribution in [0.4, 0.5) is 9.18 Å². The van der Waals surface area contributed by atoms with Gasteiger partial charge in [-0.1, -0.05) is 36.4 Å². The second kappa shape index (κ2) is 13.8. The van der Waals surface area contributed by atoms with E-state index in [4.69, 9.17) is 0 Å². The zero-order valence-corrected chi connectivity index (χ0v) is 26.0. The molecule has 0 radical (unpaired) electrons. The topological polar surface area (TPSA) is 105 Å². The van der Waals surface area contributed by atoms with Crippen LogP contribution in [0, 0.1) is 24.6 Å². The highest BCUT2D eigenvalue weighted by Crippen LogP contribution is 2.42. The molecule has 10 heteroatoms. The number of likely N-dealkylation sites (tertiary alicyclic amines) is 1. The average molecular weight is 617 g/mol. The van der Waals surface area contributed by atoms with Crippen LogP contribution < -0.4 is 0 Å². The van der Waals surface area contributed by atoms with E-state index in [-0.39, 0.29) is 42.2 Å². The highest BCUT2D eigenvalue weighted by molar-refractivity contribution is 6.02. The molecule has 2 heterocycles. The molecule has 0 aromatic heterocycles. The summed E-state index contributed by atoms with van der Waals surface area (Å²) in [6.07, 6.45) is 0. The van der Waals surface area contributed by atoms with Crippen LogP contribution >= 0.6 is 0 Å². The predicted molar refractivity (Wildman–Crippen MR) is 169 cm³/mol. The molecule has 2 saturated heterocycles. The molecule has 2 atom stereocenters. The van der Waals surface area contributed by atoms with Crippen LogP contribution in [0.1, 0.15) is 37.8 Å². The molecule has 5 rings (SSSR count). The van der Waals surface area contributed by atoms with Crippen LogP contribution in [0.5, 0.6) is 11.5 Å². The average Bonchev–Trinajstić information content (AvgIpc) is 3.38. The van der Waals surface area contributed by atoms with Crippen molar-refractivity contribution in [1.29, 1.82) is 0 Å². The minimum absolute atomic E-state index is 0.0260. The van der Waals surface area contributed by atoms with E-state index in [1.54, 1.807) is 48.2 Å². The van der Waals surface area contributed by atoms with Gasteiger partial charge in [-0.15, -0.1) is 0 Å². The monoisotopic (exact) mass is 616 g/mol. The summed E-state index contributed by atoms with van der Waals surface area (Å²) in [6.45, 7) is 5.75. The number of halogens is 1. The predicted octanol–water partition coefficient (Wildman–Crippen LogP) is 4.24. The number of Topliss-reactive ketones (excluding diaryl/α,β-unsaturated/α-hetero) is 2. The van der Waals surface area contributed by atoms with Crippen molar-refractivity contribution >= 4 is 17.6 Å². The Labute approximate surface area is 263 Å². The lowest BCUT2D eigenvalue weighted by atomic mass is 9.67. The number of urea groups is 1. The molecule has 2 N–H and O–H groups in total. The van der Waals surface area contributed by atoms with Gasteiger partial charge in [-0.25, -0.2) is 9.18 Å². The molecule has 2 aliphatic heterocycles. The van der Waals surface area contributed by atoms with Gasteiger partial charge in [0, 0.05) is 81.2 Å². The van der Waals surface area contributed by atoms with E-state index in [1.165, 1.54) is 30.3 Å². The third-order valence-electron chi connectivity index (χ3n) is 9.06. The Bertz CT molecular complexity index is 1490. The third kappa shape index (κ3) is 7.18. The fraction of sp³-hybridized carbons (Fsp3) is 0.400. The number of hydrogen-bond donors (Lipinski definition) is 2. The summed E-state index contributed by atoms with van der Waals surface area (Å²) in [6, 6.07) is 17.0. The van der Waals surface area contributed by atoms with Crippen LogP contribution in [-0.4, -0.2) is 114 Å². The second-order valence-electron chi connectivity index (χ2n) is 12.3. The minimum atomic E-state index is -0.752. The number of nitrogens with zero attached hydrogens (tertiary/aromatic N) is 4. The van der Waals surface area contributed by atoms with Crippen LogP contribution in [0.15, 0.2) is 66.7 Å². The first-order valence-electron chi connectivity index (χ1n) is 15.4. The third-order valence-corrected chi connectivity index (χ3v) is 9.06. The highest BCUT2D eigenvalue weighted by atomic mass is 19.1. The van der Waals surface area contributed by atoms with Crippen molar-refractivity contribution in [2.45, 2.75) is 12.8 Å². The number of carbonyl (C=O) groups excluding carboxylic acids is 3. The van der Waals surface area contributed by atoms with Crippen molar-refractivity contribution in [3.05, 3.63) is 94.8 Å². The zero-order chi connectivity index (χ0) is 32.2. The number of phenolic OH excluding ortho intramolecular Hbond substituents is 2. The number of likely N-dealkylation sites (N-methyl/N-ethyl adjacent to an activating group) is 1. The van der Waals surface area contributed by atoms with Crippen LogP contribution in [0.25, 0.3) is 0 Å². The molecule has 3 aromatic rings. The molecule has 0 unspecified atom stereocenters. The molecule has 3 aromatic carbocycles. The van der Waals surface area contributed by atoms with E-state index >= 15 is 0 Å². The summed E-state index contributed by atoms with van der Waals surface area (Å²) in [4.78, 5) is 49.3. The molecular formula is C35H41FN4O5. The molecule has 0 spiro atoms. The summed E-state index contributed by atoms with van der Waals surface area (Å²) >= 11 is 0. The van der Waals surface area contributed by atoms with E-state index in [2.05, 4.69) is 0 Å². The van der Waals surface area contributed by atoms with Gasteiger partial charge in [0.2, 0.25) is 0 Å². The molecule has 0 aliphatic carbocycles. The Morgan fingerprint density at radius 1 is 0.822 bits per heavy atom. The quantitative estimate of drug-likeness (QED) is 0.311. The number of amides is 2. The van der Waals surface area contributed by atoms with Gasteiger partial charge in [0.25, 0.3) is 0 Å². The van der Waals surface area contributed by atoms with Gasteiger partial charge in [-0.2, -0.15) is 0 Å². The first kappa shape index (κ1) is 32.1. The van der Waals surface area contributed by atoms with Gasteiger partial charge in [0.1, 0.15) is 17.3 Å². The number of rotatable bonds is 11. The van der Waals surface area contributed by atoms with E-state index in [9.17, 15) is 29.0 Å². The van der Waals surface area contributed by atoms with Crippen molar-refractivity contribution in [3.63, 3.8) is 0 Å². The van der Waals surface area contributed by atoms with E-state index < -0.39 is 23.6 Å². The fourth-order valence-corrected chi connectivity index (χ4v) is 6.61. The lowest BCUT2D eigenvalue weighted by Gasteiger charge is -2.44. The van der Waals surface area contributed by atoms with Gasteiger partial charge in [0.05, 0.1) is 0 Å². The SMILES string of the molecule is Cc1c(F)cccc1C1[C@@H](C(=O)c2cccc(O)c2)CN(CCN2CCN(CCN(C)C)C2=O)C[C@@H]1C(=O)c1cccc(O)c1. The minimum Gasteiger partial charge on any atom is -0.508 e. The van der Waals surface area contributed by atoms with Crippen LogP contribution in [0.2, 0.25) is 0 Å². The van der Waals surface area contributed by atoms with Crippen molar-refractivity contribution in [3.8, 4) is 11.5 Å². The first-order chi connectivity index (χ1) is 21.5. The molecule has 45 heavy (non-hydrogen) atoms. The van der Waals surface area contributed by atoms with Crippen molar-refractivity contribution in [2.24, 2.45) is 11.8 Å². The smallest absolute Gasteiger partial charge is 0.320 e. The standard InChI is InChI=1S/C35H41FN4O5/c1-23-28(11-6-12-31(23)36)32-29(33(43)24-7-4-9-26(41)19-24)21-38(22-30(32)34(44)25-8-5-10-27(42)20-25)14-16-40-18-17-39(35(40)45)15-13-37(2)3/h4-12,19-20,29-30,32,41-42H,13-18,21-22H2,1-3H3/t29-,30-/m0/s1. The number of piperidine rings is 1. The fourth-order valence-electron chi connectivity index (χ4n) is 6.61. The summed E-state index contributed by atoms with van der Waals surface area (Å²) in [5, 5.41) is 20.4. The zero-order valence-electron chi connectivity index (χ0n) is 26.0. The normalized spacial score (nSPS) is 19.4. The van der Waals surface area contributed by atoms with E-state index in [0.717, 1.165) is 6.54 Å². The number of benzene rings is 3. The Morgan fingerprint density at radius 2 is 1.36 bits per heavy atom. The summed E-state index contributed by atoms with van der Waals surface area (Å²) in [5.41, 5.74) is 1.56. The number of hydrogen-bond acceptors (Lipinski definition) is 7. The highest BCUT2D eigenvalue weighted by Gasteiger charge is 2.45. The number of phenols is 2. The van der Waals surface area contributed by atoms with Crippen LogP contribution in [-0.2, 0) is 0 Å². The Balaban J connectivity index is 1.49. The van der Waals surface area contributed by atoms with Crippen molar-refractivity contribution in [2.75, 3.05) is 66.5 Å². The van der Waals surface area contributed by atoms with Crippen molar-refractivity contribution < 1.29 is 29.0 Å². The summed E-state index contributed by atoms with van der Waals surface area (Å²) < 4.78 is 15.0. The Morgan fingerprint density at radius 3 is 1.89 bits per heavy atom.